The summed E-state index contributed by atoms with van der Waals surface area (Å²) >= 11 is 0. The van der Waals surface area contributed by atoms with E-state index in [-0.39, 0.29) is 5.91 Å². The number of hydrogen-bond acceptors (Lipinski definition) is 3. The first-order valence-electron chi connectivity index (χ1n) is 10.6. The fourth-order valence-corrected chi connectivity index (χ4v) is 3.82. The Kier molecular flexibility index (Phi) is 5.65. The van der Waals surface area contributed by atoms with Crippen LogP contribution in [-0.4, -0.2) is 33.2 Å². The summed E-state index contributed by atoms with van der Waals surface area (Å²) in [4.78, 5) is 28.9. The molecule has 0 unspecified atom stereocenters. The van der Waals surface area contributed by atoms with E-state index in [4.69, 9.17) is 4.74 Å². The second-order valence-electron chi connectivity index (χ2n) is 8.95. The molecular weight excluding hydrogens is 404 g/mol. The first-order valence-corrected chi connectivity index (χ1v) is 10.6. The van der Waals surface area contributed by atoms with Crippen LogP contribution in [0.15, 0.2) is 60.9 Å². The van der Waals surface area contributed by atoms with E-state index < -0.39 is 17.7 Å². The van der Waals surface area contributed by atoms with Crippen LogP contribution in [0.3, 0.4) is 0 Å². The Morgan fingerprint density at radius 1 is 1.12 bits per heavy atom. The maximum absolute atomic E-state index is 13.2. The molecular formula is C25H28N4O3. The van der Waals surface area contributed by atoms with Crippen molar-refractivity contribution in [2.24, 2.45) is 7.05 Å². The van der Waals surface area contributed by atoms with Gasteiger partial charge in [-0.1, -0.05) is 24.3 Å². The Balaban J connectivity index is 1.59. The van der Waals surface area contributed by atoms with Crippen molar-refractivity contribution < 1.29 is 14.3 Å². The summed E-state index contributed by atoms with van der Waals surface area (Å²) in [6.07, 6.45) is 3.55. The highest BCUT2D eigenvalue weighted by Crippen LogP contribution is 2.23. The van der Waals surface area contributed by atoms with Gasteiger partial charge in [-0.2, -0.15) is 0 Å². The van der Waals surface area contributed by atoms with E-state index in [9.17, 15) is 9.59 Å². The molecule has 0 aliphatic rings. The van der Waals surface area contributed by atoms with Gasteiger partial charge < -0.3 is 24.9 Å². The molecule has 0 saturated heterocycles. The van der Waals surface area contributed by atoms with Crippen LogP contribution in [0.2, 0.25) is 0 Å². The fourth-order valence-electron chi connectivity index (χ4n) is 3.82. The minimum atomic E-state index is -0.810. The number of nitrogens with zero attached hydrogens (tertiary/aromatic N) is 1. The van der Waals surface area contributed by atoms with Crippen molar-refractivity contribution in [1.29, 1.82) is 0 Å². The predicted octanol–water partition coefficient (Wildman–Crippen LogP) is 4.73. The second-order valence-corrected chi connectivity index (χ2v) is 8.95. The molecule has 4 aromatic rings. The molecule has 0 aliphatic carbocycles. The molecule has 4 rings (SSSR count). The number of carbonyl (C=O) groups is 2. The lowest BCUT2D eigenvalue weighted by Crippen LogP contribution is -2.47. The number of alkyl carbamates (subject to hydrolysis) is 1. The molecule has 0 bridgehead atoms. The average molecular weight is 433 g/mol. The quantitative estimate of drug-likeness (QED) is 0.426. The number of rotatable bonds is 5. The molecule has 7 heteroatoms. The standard InChI is InChI=1S/C25H28N4O3/c1-25(2,3)32-24(31)28-21(13-17-15-29(4)22-8-6-5-7-19(17)22)23(30)27-18-10-9-16-11-12-26-20(16)14-18/h5-12,14-15,21,26H,13H2,1-4H3,(H,27,30)(H,28,31)/t21-/m1/s1. The number of nitrogens with one attached hydrogen (secondary N) is 3. The van der Waals surface area contributed by atoms with Gasteiger partial charge in [-0.25, -0.2) is 4.79 Å². The van der Waals surface area contributed by atoms with Gasteiger partial charge in [0.1, 0.15) is 11.6 Å². The number of fused-ring (bicyclic) bond motifs is 2. The van der Waals surface area contributed by atoms with Crippen molar-refractivity contribution in [3.05, 3.63) is 66.5 Å². The van der Waals surface area contributed by atoms with E-state index >= 15 is 0 Å². The molecule has 32 heavy (non-hydrogen) atoms. The van der Waals surface area contributed by atoms with Gasteiger partial charge in [0.25, 0.3) is 0 Å². The van der Waals surface area contributed by atoms with Crippen LogP contribution in [0.1, 0.15) is 26.3 Å². The molecule has 3 N–H and O–H groups in total. The summed E-state index contributed by atoms with van der Waals surface area (Å²) in [5.41, 5.74) is 2.95. The SMILES string of the molecule is Cn1cc(C[C@@H](NC(=O)OC(C)(C)C)C(=O)Nc2ccc3cc[nH]c3c2)c2ccccc21. The minimum absolute atomic E-state index is 0.310. The summed E-state index contributed by atoms with van der Waals surface area (Å²) in [5, 5.41) is 7.79. The van der Waals surface area contributed by atoms with Crippen LogP contribution in [0.5, 0.6) is 0 Å². The Morgan fingerprint density at radius 2 is 1.91 bits per heavy atom. The maximum atomic E-state index is 13.2. The number of aromatic nitrogens is 2. The van der Waals surface area contributed by atoms with E-state index in [0.717, 1.165) is 27.4 Å². The molecule has 166 valence electrons. The van der Waals surface area contributed by atoms with Gasteiger partial charge in [0.2, 0.25) is 5.91 Å². The van der Waals surface area contributed by atoms with Gasteiger partial charge in [-0.15, -0.1) is 0 Å². The zero-order valence-corrected chi connectivity index (χ0v) is 18.7. The van der Waals surface area contributed by atoms with Crippen molar-refractivity contribution in [3.8, 4) is 0 Å². The topological polar surface area (TPSA) is 88.2 Å². The maximum Gasteiger partial charge on any atom is 0.408 e. The molecule has 2 aromatic heterocycles. The Bertz CT molecular complexity index is 1280. The number of H-pyrrole nitrogens is 1. The molecule has 0 spiro atoms. The first-order chi connectivity index (χ1) is 15.2. The number of hydrogen-bond donors (Lipinski definition) is 3. The van der Waals surface area contributed by atoms with E-state index in [2.05, 4.69) is 15.6 Å². The van der Waals surface area contributed by atoms with E-state index in [1.165, 1.54) is 0 Å². The van der Waals surface area contributed by atoms with Crippen LogP contribution < -0.4 is 10.6 Å². The molecule has 0 fully saturated rings. The highest BCUT2D eigenvalue weighted by atomic mass is 16.6. The number of carbonyl (C=O) groups excluding carboxylic acids is 2. The third-order valence-corrected chi connectivity index (χ3v) is 5.23. The smallest absolute Gasteiger partial charge is 0.408 e. The van der Waals surface area contributed by atoms with Gasteiger partial charge in [0, 0.05) is 48.0 Å². The second kappa shape index (κ2) is 8.42. The van der Waals surface area contributed by atoms with Gasteiger partial charge in [-0.05, 0) is 56.0 Å². The zero-order chi connectivity index (χ0) is 22.9. The van der Waals surface area contributed by atoms with Gasteiger partial charge in [0.15, 0.2) is 0 Å². The number of ether oxygens (including phenoxy) is 1. The van der Waals surface area contributed by atoms with Crippen molar-refractivity contribution in [3.63, 3.8) is 0 Å². The summed E-state index contributed by atoms with van der Waals surface area (Å²) < 4.78 is 7.43. The third-order valence-electron chi connectivity index (χ3n) is 5.23. The number of amides is 2. The number of para-hydroxylation sites is 1. The average Bonchev–Trinajstić information content (AvgIpc) is 3.30. The minimum Gasteiger partial charge on any atom is -0.444 e. The number of aromatic amines is 1. The van der Waals surface area contributed by atoms with Crippen molar-refractivity contribution in [2.75, 3.05) is 5.32 Å². The zero-order valence-electron chi connectivity index (χ0n) is 18.7. The van der Waals surface area contributed by atoms with Crippen molar-refractivity contribution in [2.45, 2.75) is 38.8 Å². The normalized spacial score (nSPS) is 12.6. The van der Waals surface area contributed by atoms with Crippen molar-refractivity contribution >= 4 is 39.5 Å². The van der Waals surface area contributed by atoms with E-state index in [0.29, 0.717) is 12.1 Å². The van der Waals surface area contributed by atoms with E-state index in [1.807, 2.05) is 72.5 Å². The largest absolute Gasteiger partial charge is 0.444 e. The molecule has 0 radical (unpaired) electrons. The summed E-state index contributed by atoms with van der Waals surface area (Å²) in [6, 6.07) is 14.8. The monoisotopic (exact) mass is 432 g/mol. The number of benzene rings is 2. The van der Waals surface area contributed by atoms with Crippen LogP contribution in [0.4, 0.5) is 10.5 Å². The highest BCUT2D eigenvalue weighted by molar-refractivity contribution is 5.99. The Morgan fingerprint density at radius 3 is 2.69 bits per heavy atom. The summed E-state index contributed by atoms with van der Waals surface area (Å²) in [6.45, 7) is 5.37. The lowest BCUT2D eigenvalue weighted by molar-refractivity contribution is -0.118. The summed E-state index contributed by atoms with van der Waals surface area (Å²) in [7, 11) is 1.97. The lowest BCUT2D eigenvalue weighted by atomic mass is 10.0. The van der Waals surface area contributed by atoms with Crippen LogP contribution in [0.25, 0.3) is 21.8 Å². The molecule has 0 saturated carbocycles. The number of aryl methyl sites for hydroxylation is 1. The van der Waals surface area contributed by atoms with Gasteiger partial charge >= 0.3 is 6.09 Å². The molecule has 0 aliphatic heterocycles. The van der Waals surface area contributed by atoms with Crippen LogP contribution in [0, 0.1) is 0 Å². The number of anilines is 1. The summed E-state index contributed by atoms with van der Waals surface area (Å²) in [5.74, 6) is -0.310. The fraction of sp³-hybridized carbons (Fsp3) is 0.280. The van der Waals surface area contributed by atoms with Crippen LogP contribution >= 0.6 is 0 Å². The molecule has 2 heterocycles. The molecule has 7 nitrogen and oxygen atoms in total. The molecule has 1 atom stereocenters. The third kappa shape index (κ3) is 4.77. The van der Waals surface area contributed by atoms with Crippen LogP contribution in [-0.2, 0) is 23.0 Å². The highest BCUT2D eigenvalue weighted by Gasteiger charge is 2.26. The first kappa shape index (κ1) is 21.5. The molecule has 2 amide bonds. The van der Waals surface area contributed by atoms with E-state index in [1.54, 1.807) is 20.8 Å². The van der Waals surface area contributed by atoms with Gasteiger partial charge in [0.05, 0.1) is 0 Å². The Hall–Kier alpha value is -3.74. The van der Waals surface area contributed by atoms with Crippen molar-refractivity contribution in [1.82, 2.24) is 14.9 Å². The van der Waals surface area contributed by atoms with Gasteiger partial charge in [-0.3, -0.25) is 4.79 Å². The molecule has 2 aromatic carbocycles. The lowest BCUT2D eigenvalue weighted by Gasteiger charge is -2.23. The Labute approximate surface area is 186 Å². The predicted molar refractivity (Wildman–Crippen MR) is 127 cm³/mol.